The fourth-order valence-electron chi connectivity index (χ4n) is 1.14. The van der Waals surface area contributed by atoms with Gasteiger partial charge in [0.2, 0.25) is 7.41 Å². The SMILES string of the molecule is CN(BN1BC1(C)C)C(C)(C)C. The molecule has 1 aliphatic rings. The van der Waals surface area contributed by atoms with Crippen LogP contribution in [0, 0.1) is 0 Å². The summed E-state index contributed by atoms with van der Waals surface area (Å²) >= 11 is 0. The van der Waals surface area contributed by atoms with Crippen molar-refractivity contribution in [1.82, 2.24) is 9.53 Å². The Bertz CT molecular complexity index is 174. The van der Waals surface area contributed by atoms with Crippen molar-refractivity contribution < 1.29 is 0 Å². The van der Waals surface area contributed by atoms with E-state index in [0.717, 1.165) is 7.55 Å². The second-order valence-corrected chi connectivity index (χ2v) is 5.52. The number of hydrogen-bond acceptors (Lipinski definition) is 2. The molecule has 0 aliphatic carbocycles. The third-order valence-corrected chi connectivity index (χ3v) is 2.86. The highest BCUT2D eigenvalue weighted by Crippen LogP contribution is 2.27. The van der Waals surface area contributed by atoms with Crippen LogP contribution >= 0.6 is 0 Å². The summed E-state index contributed by atoms with van der Waals surface area (Å²) in [7, 11) is 4.53. The summed E-state index contributed by atoms with van der Waals surface area (Å²) in [5, 5.41) is 0. The van der Waals surface area contributed by atoms with Crippen LogP contribution in [-0.4, -0.2) is 42.5 Å². The van der Waals surface area contributed by atoms with Gasteiger partial charge in [-0.15, -0.1) is 0 Å². The molecular weight excluding hydrogens is 146 g/mol. The van der Waals surface area contributed by atoms with E-state index < -0.39 is 0 Å². The van der Waals surface area contributed by atoms with Crippen molar-refractivity contribution in [3.05, 3.63) is 0 Å². The first-order valence-electron chi connectivity index (χ1n) is 4.70. The maximum absolute atomic E-state index is 2.48. The molecule has 0 aromatic heterocycles. The van der Waals surface area contributed by atoms with Gasteiger partial charge in [0.25, 0.3) is 7.55 Å². The van der Waals surface area contributed by atoms with Crippen molar-refractivity contribution >= 4 is 15.0 Å². The highest BCUT2D eigenvalue weighted by Gasteiger charge is 2.45. The summed E-state index contributed by atoms with van der Waals surface area (Å²) in [6.07, 6.45) is 0. The molecule has 0 bridgehead atoms. The molecule has 68 valence electrons. The topological polar surface area (TPSA) is 6.25 Å². The second-order valence-electron chi connectivity index (χ2n) is 5.52. The Morgan fingerprint density at radius 3 is 2.00 bits per heavy atom. The Labute approximate surface area is 77.9 Å². The Kier molecular flexibility index (Phi) is 2.34. The molecule has 1 heterocycles. The molecule has 1 saturated heterocycles. The van der Waals surface area contributed by atoms with Gasteiger partial charge in [0, 0.05) is 5.54 Å². The van der Waals surface area contributed by atoms with Gasteiger partial charge in [-0.05, 0) is 33.3 Å². The van der Waals surface area contributed by atoms with Crippen molar-refractivity contribution in [2.24, 2.45) is 0 Å². The normalized spacial score (nSPS) is 26.8. The molecule has 1 unspecified atom stereocenters. The van der Waals surface area contributed by atoms with Gasteiger partial charge in [-0.25, -0.2) is 0 Å². The smallest absolute Gasteiger partial charge is 0.280 e. The van der Waals surface area contributed by atoms with Crippen molar-refractivity contribution in [2.45, 2.75) is 45.6 Å². The maximum atomic E-state index is 2.48. The Morgan fingerprint density at radius 1 is 1.33 bits per heavy atom. The van der Waals surface area contributed by atoms with Crippen molar-refractivity contribution in [3.63, 3.8) is 0 Å². The molecule has 0 saturated carbocycles. The molecule has 0 radical (unpaired) electrons. The van der Waals surface area contributed by atoms with Crippen LogP contribution in [0.15, 0.2) is 0 Å². The van der Waals surface area contributed by atoms with E-state index >= 15 is 0 Å². The first kappa shape index (κ1) is 10.1. The zero-order valence-electron chi connectivity index (χ0n) is 9.31. The van der Waals surface area contributed by atoms with Crippen molar-refractivity contribution in [2.75, 3.05) is 7.05 Å². The molecule has 1 atom stereocenters. The molecule has 0 aromatic rings. The minimum atomic E-state index is 0.290. The molecule has 0 N–H and O–H groups in total. The van der Waals surface area contributed by atoms with Gasteiger partial charge in [0.05, 0.1) is 0 Å². The van der Waals surface area contributed by atoms with Gasteiger partial charge < -0.3 is 9.53 Å². The van der Waals surface area contributed by atoms with Gasteiger partial charge in [-0.2, -0.15) is 0 Å². The van der Waals surface area contributed by atoms with E-state index in [-0.39, 0.29) is 0 Å². The molecule has 2 nitrogen and oxygen atoms in total. The van der Waals surface area contributed by atoms with Crippen LogP contribution in [0.25, 0.3) is 0 Å². The zero-order chi connectivity index (χ0) is 9.57. The predicted molar refractivity (Wildman–Crippen MR) is 57.7 cm³/mol. The largest absolute Gasteiger partial charge is 0.375 e. The Balaban J connectivity index is 2.34. The molecule has 0 amide bonds. The van der Waals surface area contributed by atoms with Crippen LogP contribution < -0.4 is 0 Å². The summed E-state index contributed by atoms with van der Waals surface area (Å²) in [5.74, 6) is 0. The van der Waals surface area contributed by atoms with Gasteiger partial charge >= 0.3 is 0 Å². The highest BCUT2D eigenvalue weighted by atomic mass is 15.3. The van der Waals surface area contributed by atoms with Crippen LogP contribution in [0.2, 0.25) is 0 Å². The lowest BCUT2D eigenvalue weighted by Gasteiger charge is -2.32. The molecular formula is C8H20B2N2. The maximum Gasteiger partial charge on any atom is 0.280 e. The minimum Gasteiger partial charge on any atom is -0.375 e. The summed E-state index contributed by atoms with van der Waals surface area (Å²) in [6, 6.07) is 0. The zero-order valence-corrected chi connectivity index (χ0v) is 9.31. The summed E-state index contributed by atoms with van der Waals surface area (Å²) < 4.78 is 2.48. The fraction of sp³-hybridized carbons (Fsp3) is 1.00. The molecule has 12 heavy (non-hydrogen) atoms. The van der Waals surface area contributed by atoms with Gasteiger partial charge in [0.15, 0.2) is 0 Å². The third-order valence-electron chi connectivity index (χ3n) is 2.86. The number of rotatable bonds is 2. The van der Waals surface area contributed by atoms with E-state index in [9.17, 15) is 0 Å². The van der Waals surface area contributed by atoms with E-state index in [1.54, 1.807) is 0 Å². The number of hydrogen-bond donors (Lipinski definition) is 0. The van der Waals surface area contributed by atoms with Gasteiger partial charge in [-0.1, -0.05) is 13.8 Å². The van der Waals surface area contributed by atoms with Crippen LogP contribution in [-0.2, 0) is 0 Å². The second kappa shape index (κ2) is 2.78. The lowest BCUT2D eigenvalue weighted by Crippen LogP contribution is -2.44. The minimum absolute atomic E-state index is 0.290. The summed E-state index contributed by atoms with van der Waals surface area (Å²) in [5.41, 5.74) is 0.748. The third kappa shape index (κ3) is 2.27. The first-order valence-corrected chi connectivity index (χ1v) is 4.70. The molecule has 0 aromatic carbocycles. The quantitative estimate of drug-likeness (QED) is 0.432. The molecule has 1 aliphatic heterocycles. The van der Waals surface area contributed by atoms with Crippen LogP contribution in [0.4, 0.5) is 0 Å². The Hall–Kier alpha value is 0.0499. The first-order chi connectivity index (χ1) is 5.23. The number of nitrogens with zero attached hydrogens (tertiary/aromatic N) is 2. The average molecular weight is 166 g/mol. The summed E-state index contributed by atoms with van der Waals surface area (Å²) in [6.45, 7) is 11.4. The van der Waals surface area contributed by atoms with Crippen molar-refractivity contribution in [1.29, 1.82) is 0 Å². The average Bonchev–Trinajstić information content (AvgIpc) is 2.36. The molecule has 1 fully saturated rings. The van der Waals surface area contributed by atoms with E-state index in [1.165, 1.54) is 7.41 Å². The van der Waals surface area contributed by atoms with Crippen LogP contribution in [0.3, 0.4) is 0 Å². The molecule has 1 rings (SSSR count). The lowest BCUT2D eigenvalue weighted by atomic mass is 9.92. The van der Waals surface area contributed by atoms with Gasteiger partial charge in [-0.3, -0.25) is 0 Å². The lowest BCUT2D eigenvalue weighted by molar-refractivity contribution is 0.288. The highest BCUT2D eigenvalue weighted by molar-refractivity contribution is 6.63. The molecule has 0 spiro atoms. The molecule has 4 heteroatoms. The summed E-state index contributed by atoms with van der Waals surface area (Å²) in [4.78, 5) is 2.39. The van der Waals surface area contributed by atoms with Crippen LogP contribution in [0.5, 0.6) is 0 Å². The predicted octanol–water partition coefficient (Wildman–Crippen LogP) is 0.386. The van der Waals surface area contributed by atoms with E-state index in [0.29, 0.717) is 11.0 Å². The van der Waals surface area contributed by atoms with E-state index in [2.05, 4.69) is 51.2 Å². The monoisotopic (exact) mass is 166 g/mol. The van der Waals surface area contributed by atoms with Gasteiger partial charge in [0.1, 0.15) is 0 Å². The van der Waals surface area contributed by atoms with Crippen LogP contribution in [0.1, 0.15) is 34.6 Å². The van der Waals surface area contributed by atoms with E-state index in [1.807, 2.05) is 0 Å². The Morgan fingerprint density at radius 2 is 1.75 bits per heavy atom. The fourth-order valence-corrected chi connectivity index (χ4v) is 1.14. The standard InChI is InChI=1S/C8H20B2N2/c1-7(2,3)11(6)10-12-8(4,5)9-12/h9-10H,1-6H3. The van der Waals surface area contributed by atoms with Crippen molar-refractivity contribution in [3.8, 4) is 0 Å². The van der Waals surface area contributed by atoms with E-state index in [4.69, 9.17) is 0 Å².